The van der Waals surface area contributed by atoms with Gasteiger partial charge in [-0.2, -0.15) is 5.10 Å². The quantitative estimate of drug-likeness (QED) is 0.386. The van der Waals surface area contributed by atoms with Gasteiger partial charge in [-0.05, 0) is 53.6 Å². The van der Waals surface area contributed by atoms with Crippen molar-refractivity contribution in [2.75, 3.05) is 18.5 Å². The Morgan fingerprint density at radius 2 is 1.77 bits per heavy atom. The van der Waals surface area contributed by atoms with Crippen LogP contribution in [0, 0.1) is 0 Å². The minimum Gasteiger partial charge on any atom is -0.497 e. The maximum atomic E-state index is 13.2. The summed E-state index contributed by atoms with van der Waals surface area (Å²) in [6, 6.07) is 20.4. The molecule has 0 atom stereocenters. The first-order valence-electron chi connectivity index (χ1n) is 10.8. The van der Waals surface area contributed by atoms with Gasteiger partial charge < -0.3 is 10.1 Å². The lowest BCUT2D eigenvalue weighted by atomic mass is 10.1. The number of hydrogen-bond acceptors (Lipinski definition) is 6. The first kappa shape index (κ1) is 24.0. The molecule has 0 unspecified atom stereocenters. The second-order valence-corrected chi connectivity index (χ2v) is 9.71. The zero-order valence-corrected chi connectivity index (χ0v) is 20.1. The molecule has 0 aliphatic rings. The molecule has 1 aromatic heterocycles. The fourth-order valence-corrected chi connectivity index (χ4v) is 4.78. The Balaban J connectivity index is 1.48. The number of benzene rings is 3. The maximum Gasteiger partial charge on any atom is 0.264 e. The van der Waals surface area contributed by atoms with Crippen molar-refractivity contribution in [2.24, 2.45) is 0 Å². The molecule has 4 aromatic rings. The van der Waals surface area contributed by atoms with Gasteiger partial charge in [0.25, 0.3) is 15.9 Å². The number of amides is 1. The average molecular weight is 492 g/mol. The van der Waals surface area contributed by atoms with Gasteiger partial charge in [0.1, 0.15) is 18.4 Å². The number of carbonyl (C=O) groups is 1. The summed E-state index contributed by atoms with van der Waals surface area (Å²) >= 11 is 0. The number of rotatable bonds is 9. The molecule has 180 valence electrons. The first-order chi connectivity index (χ1) is 16.9. The standard InChI is InChI=1S/C25H25N5O4S/c1-29(22-10-12-23(34-2)13-11-22)35(32,33)24-9-5-8-19(14-24)25(31)27-15-20-6-3-4-7-21(20)16-30-18-26-17-28-30/h3-14,17-18H,15-16H2,1-2H3,(H,27,31). The molecular formula is C25H25N5O4S. The minimum atomic E-state index is -3.87. The molecule has 1 N–H and O–H groups in total. The van der Waals surface area contributed by atoms with E-state index in [1.165, 1.54) is 29.8 Å². The van der Waals surface area contributed by atoms with Crippen LogP contribution in [0.3, 0.4) is 0 Å². The van der Waals surface area contributed by atoms with Gasteiger partial charge in [-0.3, -0.25) is 9.10 Å². The van der Waals surface area contributed by atoms with E-state index in [4.69, 9.17) is 4.74 Å². The van der Waals surface area contributed by atoms with Crippen molar-refractivity contribution in [1.29, 1.82) is 0 Å². The van der Waals surface area contributed by atoms with Gasteiger partial charge >= 0.3 is 0 Å². The highest BCUT2D eigenvalue weighted by molar-refractivity contribution is 7.92. The Morgan fingerprint density at radius 1 is 1.03 bits per heavy atom. The average Bonchev–Trinajstić information content (AvgIpc) is 3.41. The summed E-state index contributed by atoms with van der Waals surface area (Å²) in [6.45, 7) is 0.809. The number of carbonyl (C=O) groups excluding carboxylic acids is 1. The molecule has 0 saturated heterocycles. The van der Waals surface area contributed by atoms with Crippen LogP contribution in [0.2, 0.25) is 0 Å². The zero-order valence-electron chi connectivity index (χ0n) is 19.3. The first-order valence-corrected chi connectivity index (χ1v) is 12.2. The van der Waals surface area contributed by atoms with Crippen molar-refractivity contribution in [1.82, 2.24) is 20.1 Å². The van der Waals surface area contributed by atoms with Gasteiger partial charge in [-0.15, -0.1) is 0 Å². The summed E-state index contributed by atoms with van der Waals surface area (Å²) in [5.41, 5.74) is 2.66. The Kier molecular flexibility index (Phi) is 7.11. The third kappa shape index (κ3) is 5.49. The number of nitrogens with one attached hydrogen (secondary N) is 1. The molecule has 0 spiro atoms. The van der Waals surface area contributed by atoms with Crippen LogP contribution in [-0.2, 0) is 23.1 Å². The fourth-order valence-electron chi connectivity index (χ4n) is 3.54. The lowest BCUT2D eigenvalue weighted by molar-refractivity contribution is 0.0950. The fraction of sp³-hybridized carbons (Fsp3) is 0.160. The van der Waals surface area contributed by atoms with Gasteiger partial charge in [0.2, 0.25) is 0 Å². The number of aromatic nitrogens is 3. The molecule has 35 heavy (non-hydrogen) atoms. The predicted octanol–water partition coefficient (Wildman–Crippen LogP) is 3.09. The Labute approximate surface area is 204 Å². The molecule has 10 heteroatoms. The van der Waals surface area contributed by atoms with Gasteiger partial charge in [-0.1, -0.05) is 30.3 Å². The number of sulfonamides is 1. The monoisotopic (exact) mass is 491 g/mol. The molecule has 0 aliphatic carbocycles. The Morgan fingerprint density at radius 3 is 2.46 bits per heavy atom. The SMILES string of the molecule is COc1ccc(N(C)S(=O)(=O)c2cccc(C(=O)NCc3ccccc3Cn3cncn3)c2)cc1. The van der Waals surface area contributed by atoms with Crippen LogP contribution in [0.4, 0.5) is 5.69 Å². The number of hydrogen-bond donors (Lipinski definition) is 1. The van der Waals surface area contributed by atoms with E-state index in [0.29, 0.717) is 18.0 Å². The van der Waals surface area contributed by atoms with Crippen molar-refractivity contribution in [3.8, 4) is 5.75 Å². The van der Waals surface area contributed by atoms with E-state index in [2.05, 4.69) is 15.4 Å². The van der Waals surface area contributed by atoms with E-state index in [1.807, 2.05) is 24.3 Å². The van der Waals surface area contributed by atoms with Crippen molar-refractivity contribution >= 4 is 21.6 Å². The molecule has 0 bridgehead atoms. The van der Waals surface area contributed by atoms with E-state index in [-0.39, 0.29) is 22.9 Å². The highest BCUT2D eigenvalue weighted by atomic mass is 32.2. The topological polar surface area (TPSA) is 106 Å². The van der Waals surface area contributed by atoms with Crippen LogP contribution in [0.25, 0.3) is 0 Å². The molecule has 3 aromatic carbocycles. The molecule has 1 heterocycles. The summed E-state index contributed by atoms with van der Waals surface area (Å²) in [5, 5.41) is 7.00. The number of anilines is 1. The number of nitrogens with zero attached hydrogens (tertiary/aromatic N) is 4. The van der Waals surface area contributed by atoms with Gasteiger partial charge in [0, 0.05) is 19.2 Å². The van der Waals surface area contributed by atoms with Crippen LogP contribution in [0.1, 0.15) is 21.5 Å². The molecule has 0 saturated carbocycles. The van der Waals surface area contributed by atoms with Gasteiger partial charge in [-0.25, -0.2) is 18.1 Å². The Hall–Kier alpha value is -4.18. The summed E-state index contributed by atoms with van der Waals surface area (Å²) in [4.78, 5) is 16.9. The molecule has 0 radical (unpaired) electrons. The van der Waals surface area contributed by atoms with Crippen LogP contribution in [0.15, 0.2) is 90.3 Å². The maximum absolute atomic E-state index is 13.2. The lowest BCUT2D eigenvalue weighted by Gasteiger charge is -2.20. The lowest BCUT2D eigenvalue weighted by Crippen LogP contribution is -2.27. The van der Waals surface area contributed by atoms with Crippen LogP contribution >= 0.6 is 0 Å². The van der Waals surface area contributed by atoms with E-state index >= 15 is 0 Å². The minimum absolute atomic E-state index is 0.0232. The smallest absolute Gasteiger partial charge is 0.264 e. The van der Waals surface area contributed by atoms with Crippen molar-refractivity contribution in [3.05, 3.63) is 102 Å². The van der Waals surface area contributed by atoms with Crippen molar-refractivity contribution in [2.45, 2.75) is 18.0 Å². The Bertz CT molecular complexity index is 1400. The molecule has 0 fully saturated rings. The van der Waals surface area contributed by atoms with Crippen LogP contribution in [-0.4, -0.2) is 43.2 Å². The highest BCUT2D eigenvalue weighted by Gasteiger charge is 2.22. The number of methoxy groups -OCH3 is 1. The van der Waals surface area contributed by atoms with E-state index < -0.39 is 10.0 Å². The summed E-state index contributed by atoms with van der Waals surface area (Å²) in [6.07, 6.45) is 3.10. The second-order valence-electron chi connectivity index (χ2n) is 7.74. The largest absolute Gasteiger partial charge is 0.497 e. The van der Waals surface area contributed by atoms with Crippen molar-refractivity contribution < 1.29 is 17.9 Å². The molecule has 1 amide bonds. The van der Waals surface area contributed by atoms with E-state index in [0.717, 1.165) is 11.1 Å². The summed E-state index contributed by atoms with van der Waals surface area (Å²) in [7, 11) is -0.862. The summed E-state index contributed by atoms with van der Waals surface area (Å²) < 4.78 is 34.4. The van der Waals surface area contributed by atoms with E-state index in [1.54, 1.807) is 54.5 Å². The van der Waals surface area contributed by atoms with E-state index in [9.17, 15) is 13.2 Å². The molecular weight excluding hydrogens is 466 g/mol. The zero-order chi connectivity index (χ0) is 24.8. The van der Waals surface area contributed by atoms with Gasteiger partial charge in [0.05, 0.1) is 24.2 Å². The van der Waals surface area contributed by atoms with Crippen LogP contribution < -0.4 is 14.4 Å². The molecule has 0 aliphatic heterocycles. The van der Waals surface area contributed by atoms with Crippen molar-refractivity contribution in [3.63, 3.8) is 0 Å². The third-order valence-corrected chi connectivity index (χ3v) is 7.33. The normalized spacial score (nSPS) is 11.1. The second kappa shape index (κ2) is 10.4. The summed E-state index contributed by atoms with van der Waals surface area (Å²) in [5.74, 6) is 0.255. The number of ether oxygens (including phenoxy) is 1. The third-order valence-electron chi connectivity index (χ3n) is 5.55. The predicted molar refractivity (Wildman–Crippen MR) is 132 cm³/mol. The molecule has 4 rings (SSSR count). The van der Waals surface area contributed by atoms with Gasteiger partial charge in [0.15, 0.2) is 0 Å². The van der Waals surface area contributed by atoms with Crippen LogP contribution in [0.5, 0.6) is 5.75 Å². The highest BCUT2D eigenvalue weighted by Crippen LogP contribution is 2.25. The molecule has 9 nitrogen and oxygen atoms in total.